The Morgan fingerprint density at radius 1 is 0.927 bits per heavy atom. The first kappa shape index (κ1) is 31.7. The number of benzene rings is 3. The maximum Gasteiger partial charge on any atom is 0.264 e. The number of sulfonamides is 1. The van der Waals surface area contributed by atoms with Gasteiger partial charge in [0.2, 0.25) is 11.8 Å². The zero-order valence-corrected chi connectivity index (χ0v) is 25.8. The van der Waals surface area contributed by atoms with Crippen LogP contribution in [0.4, 0.5) is 5.69 Å². The molecule has 220 valence electrons. The number of aryl methyl sites for hydroxylation is 3. The lowest BCUT2D eigenvalue weighted by Crippen LogP contribution is -2.53. The summed E-state index contributed by atoms with van der Waals surface area (Å²) < 4.78 is 34.7. The lowest BCUT2D eigenvalue weighted by Gasteiger charge is -2.34. The monoisotopic (exact) mass is 579 g/mol. The summed E-state index contributed by atoms with van der Waals surface area (Å²) in [5, 5.41) is 2.91. The van der Waals surface area contributed by atoms with E-state index in [1.807, 2.05) is 65.8 Å². The summed E-state index contributed by atoms with van der Waals surface area (Å²) in [5.74, 6) is -0.165. The molecule has 1 N–H and O–H groups in total. The molecule has 0 aromatic heterocycles. The van der Waals surface area contributed by atoms with E-state index in [2.05, 4.69) is 5.32 Å². The molecule has 9 heteroatoms. The summed E-state index contributed by atoms with van der Waals surface area (Å²) in [5.41, 5.74) is 3.67. The van der Waals surface area contributed by atoms with E-state index in [-0.39, 0.29) is 23.4 Å². The average Bonchev–Trinajstić information content (AvgIpc) is 2.92. The fourth-order valence-corrected chi connectivity index (χ4v) is 6.08. The standard InChI is InChI=1S/C32H41N3O5S/c1-8-29(32(37)33-22(2)3)34(20-26-10-9-11-27(19-26)40-7)31(36)21-35(30-18-24(5)12-15-25(30)6)41(38,39)28-16-13-23(4)14-17-28/h9-19,22,29H,8,20-21H2,1-7H3,(H,33,37). The normalized spacial score (nSPS) is 12.1. The summed E-state index contributed by atoms with van der Waals surface area (Å²) in [6.07, 6.45) is 0.350. The molecule has 0 radical (unpaired) electrons. The highest BCUT2D eigenvalue weighted by atomic mass is 32.2. The van der Waals surface area contributed by atoms with E-state index in [4.69, 9.17) is 4.74 Å². The molecule has 0 saturated carbocycles. The molecule has 0 aliphatic rings. The van der Waals surface area contributed by atoms with Gasteiger partial charge in [-0.15, -0.1) is 0 Å². The van der Waals surface area contributed by atoms with Gasteiger partial charge in [-0.3, -0.25) is 13.9 Å². The SMILES string of the molecule is CCC(C(=O)NC(C)C)N(Cc1cccc(OC)c1)C(=O)CN(c1cc(C)ccc1C)S(=O)(=O)c1ccc(C)cc1. The van der Waals surface area contributed by atoms with Crippen molar-refractivity contribution in [2.24, 2.45) is 0 Å². The molecule has 8 nitrogen and oxygen atoms in total. The average molecular weight is 580 g/mol. The molecular formula is C32H41N3O5S. The highest BCUT2D eigenvalue weighted by molar-refractivity contribution is 7.92. The van der Waals surface area contributed by atoms with Crippen LogP contribution in [0.15, 0.2) is 71.6 Å². The van der Waals surface area contributed by atoms with Gasteiger partial charge in [-0.1, -0.05) is 48.9 Å². The maximum absolute atomic E-state index is 14.2. The van der Waals surface area contributed by atoms with Crippen LogP contribution in [0.1, 0.15) is 49.4 Å². The summed E-state index contributed by atoms with van der Waals surface area (Å²) in [7, 11) is -2.57. The topological polar surface area (TPSA) is 96.0 Å². The van der Waals surface area contributed by atoms with E-state index in [1.54, 1.807) is 49.6 Å². The molecule has 0 aliphatic heterocycles. The molecule has 2 amide bonds. The Kier molecular flexibility index (Phi) is 10.6. The van der Waals surface area contributed by atoms with Crippen molar-refractivity contribution in [2.75, 3.05) is 18.0 Å². The van der Waals surface area contributed by atoms with Crippen LogP contribution >= 0.6 is 0 Å². The lowest BCUT2D eigenvalue weighted by atomic mass is 10.1. The quantitative estimate of drug-likeness (QED) is 0.320. The number of carbonyl (C=O) groups excluding carboxylic acids is 2. The van der Waals surface area contributed by atoms with Crippen LogP contribution in [0.25, 0.3) is 0 Å². The number of hydrogen-bond acceptors (Lipinski definition) is 5. The molecule has 41 heavy (non-hydrogen) atoms. The van der Waals surface area contributed by atoms with Gasteiger partial charge in [-0.25, -0.2) is 8.42 Å². The molecule has 3 aromatic rings. The van der Waals surface area contributed by atoms with E-state index in [0.717, 1.165) is 21.0 Å². The van der Waals surface area contributed by atoms with Crippen molar-refractivity contribution >= 4 is 27.5 Å². The Bertz CT molecular complexity index is 1470. The van der Waals surface area contributed by atoms with Crippen LogP contribution in [0.5, 0.6) is 5.75 Å². The van der Waals surface area contributed by atoms with Gasteiger partial charge in [0.1, 0.15) is 18.3 Å². The second-order valence-electron chi connectivity index (χ2n) is 10.6. The van der Waals surface area contributed by atoms with Gasteiger partial charge in [-0.05, 0) is 88.1 Å². The number of nitrogens with zero attached hydrogens (tertiary/aromatic N) is 2. The van der Waals surface area contributed by atoms with Gasteiger partial charge < -0.3 is 15.0 Å². The zero-order chi connectivity index (χ0) is 30.3. The number of carbonyl (C=O) groups is 2. The Morgan fingerprint density at radius 3 is 2.20 bits per heavy atom. The minimum absolute atomic E-state index is 0.0840. The molecule has 0 fully saturated rings. The van der Waals surface area contributed by atoms with Crippen LogP contribution in [-0.2, 0) is 26.2 Å². The fourth-order valence-electron chi connectivity index (χ4n) is 4.61. The molecule has 0 spiro atoms. The van der Waals surface area contributed by atoms with Crippen molar-refractivity contribution in [3.8, 4) is 5.75 Å². The third kappa shape index (κ3) is 7.88. The summed E-state index contributed by atoms with van der Waals surface area (Å²) in [6.45, 7) is 10.7. The van der Waals surface area contributed by atoms with E-state index in [1.165, 1.54) is 4.90 Å². The van der Waals surface area contributed by atoms with Crippen molar-refractivity contribution in [1.82, 2.24) is 10.2 Å². The molecule has 3 rings (SSSR count). The van der Waals surface area contributed by atoms with Gasteiger partial charge in [0, 0.05) is 12.6 Å². The molecule has 0 aliphatic carbocycles. The van der Waals surface area contributed by atoms with Gasteiger partial charge in [0.25, 0.3) is 10.0 Å². The largest absolute Gasteiger partial charge is 0.497 e. The van der Waals surface area contributed by atoms with Crippen LogP contribution < -0.4 is 14.4 Å². The predicted molar refractivity (Wildman–Crippen MR) is 163 cm³/mol. The predicted octanol–water partition coefficient (Wildman–Crippen LogP) is 5.15. The first-order valence-electron chi connectivity index (χ1n) is 13.8. The summed E-state index contributed by atoms with van der Waals surface area (Å²) >= 11 is 0. The number of hydrogen-bond donors (Lipinski definition) is 1. The van der Waals surface area contributed by atoms with Crippen LogP contribution in [0.2, 0.25) is 0 Å². The third-order valence-corrected chi connectivity index (χ3v) is 8.60. The minimum atomic E-state index is -4.13. The van der Waals surface area contributed by atoms with Gasteiger partial charge in [0.15, 0.2) is 0 Å². The second-order valence-corrected chi connectivity index (χ2v) is 12.4. The second kappa shape index (κ2) is 13.7. The molecule has 0 saturated heterocycles. The van der Waals surface area contributed by atoms with E-state index < -0.39 is 28.5 Å². The van der Waals surface area contributed by atoms with E-state index in [9.17, 15) is 18.0 Å². The van der Waals surface area contributed by atoms with Gasteiger partial charge in [0.05, 0.1) is 17.7 Å². The van der Waals surface area contributed by atoms with Crippen molar-refractivity contribution in [1.29, 1.82) is 0 Å². The van der Waals surface area contributed by atoms with Gasteiger partial charge >= 0.3 is 0 Å². The first-order valence-corrected chi connectivity index (χ1v) is 15.2. The van der Waals surface area contributed by atoms with E-state index >= 15 is 0 Å². The smallest absolute Gasteiger partial charge is 0.264 e. The molecule has 0 heterocycles. The highest BCUT2D eigenvalue weighted by Crippen LogP contribution is 2.29. The lowest BCUT2D eigenvalue weighted by molar-refractivity contribution is -0.140. The molecular weight excluding hydrogens is 538 g/mol. The number of nitrogens with one attached hydrogen (secondary N) is 1. The van der Waals surface area contributed by atoms with Gasteiger partial charge in [-0.2, -0.15) is 0 Å². The van der Waals surface area contributed by atoms with Crippen molar-refractivity contribution in [3.05, 3.63) is 89.0 Å². The summed E-state index contributed by atoms with van der Waals surface area (Å²) in [6, 6.07) is 18.4. The van der Waals surface area contributed by atoms with Crippen molar-refractivity contribution < 1.29 is 22.7 Å². The van der Waals surface area contributed by atoms with Crippen LogP contribution in [0.3, 0.4) is 0 Å². The maximum atomic E-state index is 14.2. The highest BCUT2D eigenvalue weighted by Gasteiger charge is 2.34. The summed E-state index contributed by atoms with van der Waals surface area (Å²) in [4.78, 5) is 29.1. The number of amides is 2. The van der Waals surface area contributed by atoms with E-state index in [0.29, 0.717) is 23.4 Å². The Morgan fingerprint density at radius 2 is 1.59 bits per heavy atom. The molecule has 1 unspecified atom stereocenters. The van der Waals surface area contributed by atoms with Crippen LogP contribution in [-0.4, -0.2) is 50.9 Å². The number of anilines is 1. The fraction of sp³-hybridized carbons (Fsp3) is 0.375. The molecule has 3 aromatic carbocycles. The first-order chi connectivity index (χ1) is 19.4. The number of methoxy groups -OCH3 is 1. The minimum Gasteiger partial charge on any atom is -0.497 e. The number of rotatable bonds is 12. The van der Waals surface area contributed by atoms with Crippen LogP contribution in [0, 0.1) is 20.8 Å². The molecule has 0 bridgehead atoms. The Labute approximate surface area is 244 Å². The third-order valence-electron chi connectivity index (χ3n) is 6.83. The molecule has 1 atom stereocenters. The Hall–Kier alpha value is -3.85. The van der Waals surface area contributed by atoms with Crippen molar-refractivity contribution in [2.45, 2.75) is 71.5 Å². The number of ether oxygens (including phenoxy) is 1. The van der Waals surface area contributed by atoms with Crippen molar-refractivity contribution in [3.63, 3.8) is 0 Å². The Balaban J connectivity index is 2.11. The zero-order valence-electron chi connectivity index (χ0n) is 25.0.